The molecule has 6 nitrogen and oxygen atoms in total. The Bertz CT molecular complexity index is 713. The van der Waals surface area contributed by atoms with Crippen LogP contribution in [0.5, 0.6) is 0 Å². The van der Waals surface area contributed by atoms with E-state index in [0.717, 1.165) is 55.3 Å². The van der Waals surface area contributed by atoms with E-state index in [1.54, 1.807) is 0 Å². The van der Waals surface area contributed by atoms with Crippen LogP contribution in [0.25, 0.3) is 5.65 Å². The third kappa shape index (κ3) is 6.62. The zero-order valence-electron chi connectivity index (χ0n) is 16.5. The Morgan fingerprint density at radius 1 is 1.26 bits per heavy atom. The van der Waals surface area contributed by atoms with Gasteiger partial charge < -0.3 is 10.6 Å². The molecule has 0 amide bonds. The largest absolute Gasteiger partial charge is 0.357 e. The van der Waals surface area contributed by atoms with Crippen LogP contribution in [0.2, 0.25) is 0 Å². The van der Waals surface area contributed by atoms with Gasteiger partial charge >= 0.3 is 0 Å². The van der Waals surface area contributed by atoms with Crippen molar-refractivity contribution in [3.8, 4) is 0 Å². The summed E-state index contributed by atoms with van der Waals surface area (Å²) in [4.78, 5) is 4.77. The highest BCUT2D eigenvalue weighted by molar-refractivity contribution is 14.0. The second-order valence-electron chi connectivity index (χ2n) is 7.41. The first kappa shape index (κ1) is 21.9. The van der Waals surface area contributed by atoms with Crippen molar-refractivity contribution in [1.29, 1.82) is 0 Å². The molecule has 2 unspecified atom stereocenters. The second-order valence-corrected chi connectivity index (χ2v) is 7.41. The molecule has 27 heavy (non-hydrogen) atoms. The minimum Gasteiger partial charge on any atom is -0.357 e. The van der Waals surface area contributed by atoms with Crippen LogP contribution in [0, 0.1) is 11.8 Å². The van der Waals surface area contributed by atoms with E-state index in [4.69, 9.17) is 4.99 Å². The molecule has 2 N–H and O–H groups in total. The summed E-state index contributed by atoms with van der Waals surface area (Å²) < 4.78 is 2.04. The van der Waals surface area contributed by atoms with Crippen LogP contribution in [0.15, 0.2) is 29.4 Å². The fourth-order valence-electron chi connectivity index (χ4n) is 3.88. The number of nitrogens with one attached hydrogen (secondary N) is 2. The van der Waals surface area contributed by atoms with Crippen molar-refractivity contribution in [3.05, 3.63) is 30.2 Å². The van der Waals surface area contributed by atoms with E-state index >= 15 is 0 Å². The third-order valence-corrected chi connectivity index (χ3v) is 5.22. The van der Waals surface area contributed by atoms with E-state index in [1.165, 1.54) is 32.1 Å². The van der Waals surface area contributed by atoms with Gasteiger partial charge in [-0.3, -0.25) is 9.39 Å². The molecule has 0 aliphatic heterocycles. The van der Waals surface area contributed by atoms with E-state index < -0.39 is 0 Å². The van der Waals surface area contributed by atoms with Crippen molar-refractivity contribution in [1.82, 2.24) is 25.2 Å². The molecule has 1 aliphatic rings. The highest BCUT2D eigenvalue weighted by atomic mass is 127. The molecule has 7 heteroatoms. The van der Waals surface area contributed by atoms with Crippen molar-refractivity contribution in [3.63, 3.8) is 0 Å². The molecule has 2 aromatic heterocycles. The summed E-state index contributed by atoms with van der Waals surface area (Å²) in [5, 5.41) is 15.3. The standard InChI is InChI=1S/C20H32N6.HI/c1-3-21-20(22-12-10-17-8-6-7-16(2)15-17)23-13-11-19-25-24-18-9-4-5-14-26(18)19;/h4-5,9,14,16-17H,3,6-8,10-13,15H2,1-2H3,(H2,21,22,23);1H. The molecule has 2 atom stereocenters. The van der Waals surface area contributed by atoms with Gasteiger partial charge in [-0.1, -0.05) is 32.3 Å². The lowest BCUT2D eigenvalue weighted by molar-refractivity contribution is 0.272. The molecule has 1 aliphatic carbocycles. The van der Waals surface area contributed by atoms with E-state index in [9.17, 15) is 0 Å². The summed E-state index contributed by atoms with van der Waals surface area (Å²) >= 11 is 0. The summed E-state index contributed by atoms with van der Waals surface area (Å²) in [6.07, 6.45) is 9.57. The van der Waals surface area contributed by atoms with Gasteiger partial charge in [0, 0.05) is 32.3 Å². The maximum atomic E-state index is 4.77. The number of nitrogens with zero attached hydrogens (tertiary/aromatic N) is 4. The molecular weight excluding hydrogens is 451 g/mol. The molecule has 0 spiro atoms. The minimum atomic E-state index is 0. The number of aromatic nitrogens is 3. The number of rotatable bonds is 7. The number of guanidine groups is 1. The Morgan fingerprint density at radius 3 is 2.96 bits per heavy atom. The maximum absolute atomic E-state index is 4.77. The van der Waals surface area contributed by atoms with Gasteiger partial charge in [0.05, 0.1) is 0 Å². The fraction of sp³-hybridized carbons (Fsp3) is 0.650. The first-order valence-electron chi connectivity index (χ1n) is 10.1. The van der Waals surface area contributed by atoms with Gasteiger partial charge in [-0.15, -0.1) is 34.2 Å². The summed E-state index contributed by atoms with van der Waals surface area (Å²) in [5.41, 5.74) is 0.893. The van der Waals surface area contributed by atoms with Crippen molar-refractivity contribution in [2.24, 2.45) is 16.8 Å². The molecular formula is C20H33IN6. The van der Waals surface area contributed by atoms with Gasteiger partial charge in [-0.2, -0.15) is 0 Å². The zero-order valence-corrected chi connectivity index (χ0v) is 18.9. The van der Waals surface area contributed by atoms with Gasteiger partial charge in [0.1, 0.15) is 5.82 Å². The van der Waals surface area contributed by atoms with Crippen molar-refractivity contribution < 1.29 is 0 Å². The second kappa shape index (κ2) is 11.5. The zero-order chi connectivity index (χ0) is 18.2. The average molecular weight is 484 g/mol. The summed E-state index contributed by atoms with van der Waals surface area (Å²) in [6, 6.07) is 5.96. The predicted octanol–water partition coefficient (Wildman–Crippen LogP) is 3.66. The quantitative estimate of drug-likeness (QED) is 0.358. The molecule has 0 bridgehead atoms. The first-order chi connectivity index (χ1) is 12.8. The van der Waals surface area contributed by atoms with E-state index in [0.29, 0.717) is 0 Å². The molecule has 2 aromatic rings. The molecule has 0 saturated heterocycles. The molecule has 0 radical (unpaired) electrons. The van der Waals surface area contributed by atoms with Gasteiger partial charge in [0.15, 0.2) is 11.6 Å². The monoisotopic (exact) mass is 484 g/mol. The van der Waals surface area contributed by atoms with Gasteiger partial charge in [-0.05, 0) is 43.7 Å². The van der Waals surface area contributed by atoms with Gasteiger partial charge in [0.25, 0.3) is 0 Å². The van der Waals surface area contributed by atoms with Crippen LogP contribution >= 0.6 is 24.0 Å². The lowest BCUT2D eigenvalue weighted by atomic mass is 9.81. The number of hydrogen-bond acceptors (Lipinski definition) is 3. The molecule has 1 fully saturated rings. The Hall–Kier alpha value is -1.38. The number of aliphatic imine (C=N–C) groups is 1. The molecule has 0 aromatic carbocycles. The highest BCUT2D eigenvalue weighted by Crippen LogP contribution is 2.30. The van der Waals surface area contributed by atoms with E-state index in [2.05, 4.69) is 34.7 Å². The van der Waals surface area contributed by atoms with E-state index in [1.807, 2.05) is 28.8 Å². The van der Waals surface area contributed by atoms with Crippen molar-refractivity contribution in [2.75, 3.05) is 19.6 Å². The summed E-state index contributed by atoms with van der Waals surface area (Å²) in [5.74, 6) is 3.63. The SMILES string of the molecule is CCNC(=NCCC1CCCC(C)C1)NCCc1nnc2ccccn12.I. The maximum Gasteiger partial charge on any atom is 0.191 e. The Morgan fingerprint density at radius 2 is 2.15 bits per heavy atom. The van der Waals surface area contributed by atoms with Gasteiger partial charge in [0.2, 0.25) is 0 Å². The van der Waals surface area contributed by atoms with Gasteiger partial charge in [-0.25, -0.2) is 0 Å². The van der Waals surface area contributed by atoms with Crippen LogP contribution in [0.1, 0.15) is 51.8 Å². The van der Waals surface area contributed by atoms with E-state index in [-0.39, 0.29) is 24.0 Å². The minimum absolute atomic E-state index is 0. The van der Waals surface area contributed by atoms with Crippen LogP contribution in [-0.2, 0) is 6.42 Å². The predicted molar refractivity (Wildman–Crippen MR) is 122 cm³/mol. The summed E-state index contributed by atoms with van der Waals surface area (Å²) in [7, 11) is 0. The number of hydrogen-bond donors (Lipinski definition) is 2. The molecule has 2 heterocycles. The van der Waals surface area contributed by atoms with Crippen molar-refractivity contribution in [2.45, 2.75) is 52.4 Å². The molecule has 1 saturated carbocycles. The number of pyridine rings is 1. The van der Waals surface area contributed by atoms with Crippen LogP contribution < -0.4 is 10.6 Å². The average Bonchev–Trinajstić information content (AvgIpc) is 3.05. The fourth-order valence-corrected chi connectivity index (χ4v) is 3.88. The normalized spacial score (nSPS) is 20.3. The third-order valence-electron chi connectivity index (χ3n) is 5.22. The van der Waals surface area contributed by atoms with Crippen LogP contribution in [0.3, 0.4) is 0 Å². The lowest BCUT2D eigenvalue weighted by Crippen LogP contribution is -2.38. The highest BCUT2D eigenvalue weighted by Gasteiger charge is 2.18. The Balaban J connectivity index is 0.00000261. The summed E-state index contributed by atoms with van der Waals surface area (Å²) in [6.45, 7) is 7.06. The molecule has 150 valence electrons. The smallest absolute Gasteiger partial charge is 0.191 e. The lowest BCUT2D eigenvalue weighted by Gasteiger charge is -2.26. The Kier molecular flexibility index (Phi) is 9.30. The van der Waals surface area contributed by atoms with Crippen LogP contribution in [0.4, 0.5) is 0 Å². The topological polar surface area (TPSA) is 66.6 Å². The first-order valence-corrected chi connectivity index (χ1v) is 10.1. The number of halogens is 1. The van der Waals surface area contributed by atoms with Crippen molar-refractivity contribution >= 4 is 35.6 Å². The molecule has 3 rings (SSSR count). The number of fused-ring (bicyclic) bond motifs is 1. The van der Waals surface area contributed by atoms with Crippen LogP contribution in [-0.4, -0.2) is 40.2 Å². The Labute approximate surface area is 179 Å².